The Morgan fingerprint density at radius 2 is 1.95 bits per heavy atom. The molecule has 4 heteroatoms. The highest BCUT2D eigenvalue weighted by molar-refractivity contribution is 14.1. The minimum Gasteiger partial charge on any atom is -0.496 e. The van der Waals surface area contributed by atoms with Crippen LogP contribution in [-0.4, -0.2) is 14.2 Å². The number of aryl methyl sites for hydroxylation is 1. The van der Waals surface area contributed by atoms with Crippen LogP contribution in [-0.2, 0) is 0 Å². The Bertz CT molecular complexity index is 615. The van der Waals surface area contributed by atoms with E-state index in [0.29, 0.717) is 0 Å². The Labute approximate surface area is 132 Å². The van der Waals surface area contributed by atoms with E-state index in [1.54, 1.807) is 13.2 Å². The molecule has 0 bridgehead atoms. The average Bonchev–Trinajstić information content (AvgIpc) is 2.42. The molecule has 106 valence electrons. The Balaban J connectivity index is 2.44. The molecule has 1 unspecified atom stereocenters. The zero-order chi connectivity index (χ0) is 14.7. The number of hydrogen-bond acceptors (Lipinski definition) is 2. The highest BCUT2D eigenvalue weighted by Gasteiger charge is 2.16. The fraction of sp³-hybridized carbons (Fsp3) is 0.250. The largest absolute Gasteiger partial charge is 0.496 e. The molecule has 0 fully saturated rings. The Hall–Kier alpha value is -1.14. The van der Waals surface area contributed by atoms with Crippen LogP contribution in [0.5, 0.6) is 5.75 Å². The van der Waals surface area contributed by atoms with Gasteiger partial charge in [-0.25, -0.2) is 4.39 Å². The van der Waals surface area contributed by atoms with Gasteiger partial charge in [0.2, 0.25) is 0 Å². The zero-order valence-corrected chi connectivity index (χ0v) is 13.9. The monoisotopic (exact) mass is 385 g/mol. The summed E-state index contributed by atoms with van der Waals surface area (Å²) in [7, 11) is 3.57. The molecule has 0 aromatic heterocycles. The smallest absolute Gasteiger partial charge is 0.124 e. The molecule has 1 N–H and O–H groups in total. The van der Waals surface area contributed by atoms with Gasteiger partial charge in [-0.2, -0.15) is 0 Å². The normalized spacial score (nSPS) is 12.2. The van der Waals surface area contributed by atoms with E-state index in [2.05, 4.69) is 34.0 Å². The first-order valence-electron chi connectivity index (χ1n) is 6.33. The number of rotatable bonds is 4. The molecular formula is C16H17FINO. The van der Waals surface area contributed by atoms with Crippen molar-refractivity contribution in [2.75, 3.05) is 14.2 Å². The van der Waals surface area contributed by atoms with Crippen molar-refractivity contribution in [3.63, 3.8) is 0 Å². The molecule has 0 aliphatic heterocycles. The maximum Gasteiger partial charge on any atom is 0.124 e. The summed E-state index contributed by atoms with van der Waals surface area (Å²) in [6.07, 6.45) is 0. The molecule has 2 nitrogen and oxygen atoms in total. The highest BCUT2D eigenvalue weighted by Crippen LogP contribution is 2.29. The second-order valence-electron chi connectivity index (χ2n) is 4.62. The molecule has 0 aliphatic carbocycles. The van der Waals surface area contributed by atoms with Gasteiger partial charge >= 0.3 is 0 Å². The Morgan fingerprint density at radius 1 is 1.20 bits per heavy atom. The lowest BCUT2D eigenvalue weighted by molar-refractivity contribution is 0.411. The molecule has 0 saturated heterocycles. The predicted molar refractivity (Wildman–Crippen MR) is 87.8 cm³/mol. The first-order valence-corrected chi connectivity index (χ1v) is 7.41. The highest BCUT2D eigenvalue weighted by atomic mass is 127. The summed E-state index contributed by atoms with van der Waals surface area (Å²) >= 11 is 2.17. The zero-order valence-electron chi connectivity index (χ0n) is 11.7. The fourth-order valence-electron chi connectivity index (χ4n) is 2.32. The summed E-state index contributed by atoms with van der Waals surface area (Å²) in [5.74, 6) is 0.663. The lowest BCUT2D eigenvalue weighted by Crippen LogP contribution is -2.19. The van der Waals surface area contributed by atoms with E-state index < -0.39 is 0 Å². The van der Waals surface area contributed by atoms with Gasteiger partial charge in [0.05, 0.1) is 13.2 Å². The van der Waals surface area contributed by atoms with Crippen molar-refractivity contribution in [3.8, 4) is 5.75 Å². The molecule has 2 aromatic carbocycles. The first-order chi connectivity index (χ1) is 9.56. The number of halogens is 2. The van der Waals surface area contributed by atoms with Gasteiger partial charge in [0, 0.05) is 3.57 Å². The van der Waals surface area contributed by atoms with Crippen molar-refractivity contribution >= 4 is 22.6 Å². The molecular weight excluding hydrogens is 368 g/mol. The third-order valence-electron chi connectivity index (χ3n) is 3.31. The van der Waals surface area contributed by atoms with Crippen LogP contribution < -0.4 is 10.1 Å². The van der Waals surface area contributed by atoms with Crippen molar-refractivity contribution in [2.45, 2.75) is 13.0 Å². The van der Waals surface area contributed by atoms with Gasteiger partial charge in [-0.3, -0.25) is 0 Å². The Morgan fingerprint density at radius 3 is 2.50 bits per heavy atom. The molecule has 0 amide bonds. The van der Waals surface area contributed by atoms with E-state index in [1.165, 1.54) is 6.07 Å². The van der Waals surface area contributed by atoms with E-state index in [1.807, 2.05) is 32.2 Å². The quantitative estimate of drug-likeness (QED) is 0.802. The molecule has 0 heterocycles. The van der Waals surface area contributed by atoms with Crippen molar-refractivity contribution in [1.29, 1.82) is 0 Å². The van der Waals surface area contributed by atoms with Crippen LogP contribution in [0.1, 0.15) is 22.7 Å². The third-order valence-corrected chi connectivity index (χ3v) is 4.25. The van der Waals surface area contributed by atoms with Crippen LogP contribution in [0.2, 0.25) is 0 Å². The summed E-state index contributed by atoms with van der Waals surface area (Å²) in [4.78, 5) is 0. The molecule has 0 spiro atoms. The van der Waals surface area contributed by atoms with Crippen LogP contribution in [0.4, 0.5) is 4.39 Å². The SMILES string of the molecule is CNC(c1ccc(OC)c(C)c1)c1ccc(F)cc1I. The van der Waals surface area contributed by atoms with Crippen LogP contribution >= 0.6 is 22.6 Å². The summed E-state index contributed by atoms with van der Waals surface area (Å²) in [5.41, 5.74) is 3.29. The summed E-state index contributed by atoms with van der Waals surface area (Å²) in [6, 6.07) is 11.0. The van der Waals surface area contributed by atoms with Crippen molar-refractivity contribution in [1.82, 2.24) is 5.32 Å². The number of ether oxygens (including phenoxy) is 1. The van der Waals surface area contributed by atoms with E-state index >= 15 is 0 Å². The maximum absolute atomic E-state index is 13.2. The van der Waals surface area contributed by atoms with Gasteiger partial charge in [-0.15, -0.1) is 0 Å². The second kappa shape index (κ2) is 6.54. The van der Waals surface area contributed by atoms with Crippen molar-refractivity contribution in [2.24, 2.45) is 0 Å². The maximum atomic E-state index is 13.2. The molecule has 0 saturated carbocycles. The van der Waals surface area contributed by atoms with Gasteiger partial charge in [-0.05, 0) is 71.5 Å². The topological polar surface area (TPSA) is 21.3 Å². The molecule has 20 heavy (non-hydrogen) atoms. The standard InChI is InChI=1S/C16H17FINO/c1-10-8-11(4-7-15(10)20-3)16(19-2)13-6-5-12(17)9-14(13)18/h4-9,16,19H,1-3H3. The van der Waals surface area contributed by atoms with E-state index in [0.717, 1.165) is 26.0 Å². The predicted octanol–water partition coefficient (Wildman–Crippen LogP) is 4.06. The van der Waals surface area contributed by atoms with Crippen LogP contribution in [0.3, 0.4) is 0 Å². The van der Waals surface area contributed by atoms with Gasteiger partial charge in [0.1, 0.15) is 11.6 Å². The minimum atomic E-state index is -0.209. The number of methoxy groups -OCH3 is 1. The van der Waals surface area contributed by atoms with E-state index in [9.17, 15) is 4.39 Å². The third kappa shape index (κ3) is 3.12. The first kappa shape index (κ1) is 15.3. The summed E-state index contributed by atoms with van der Waals surface area (Å²) in [6.45, 7) is 2.02. The number of nitrogens with one attached hydrogen (secondary N) is 1. The van der Waals surface area contributed by atoms with Crippen molar-refractivity contribution < 1.29 is 9.13 Å². The van der Waals surface area contributed by atoms with Crippen LogP contribution in [0.15, 0.2) is 36.4 Å². The van der Waals surface area contributed by atoms with Gasteiger partial charge in [0.15, 0.2) is 0 Å². The summed E-state index contributed by atoms with van der Waals surface area (Å²) < 4.78 is 19.4. The van der Waals surface area contributed by atoms with E-state index in [-0.39, 0.29) is 11.9 Å². The Kier molecular flexibility index (Phi) is 4.99. The van der Waals surface area contributed by atoms with Gasteiger partial charge in [0.25, 0.3) is 0 Å². The number of hydrogen-bond donors (Lipinski definition) is 1. The van der Waals surface area contributed by atoms with E-state index in [4.69, 9.17) is 4.74 Å². The van der Waals surface area contributed by atoms with Crippen molar-refractivity contribution in [3.05, 3.63) is 62.5 Å². The van der Waals surface area contributed by atoms with Crippen LogP contribution in [0.25, 0.3) is 0 Å². The lowest BCUT2D eigenvalue weighted by Gasteiger charge is -2.20. The second-order valence-corrected chi connectivity index (χ2v) is 5.78. The lowest BCUT2D eigenvalue weighted by atomic mass is 9.97. The van der Waals surface area contributed by atoms with Gasteiger partial charge < -0.3 is 10.1 Å². The number of benzene rings is 2. The fourth-order valence-corrected chi connectivity index (χ4v) is 3.11. The van der Waals surface area contributed by atoms with Crippen LogP contribution in [0, 0.1) is 16.3 Å². The average molecular weight is 385 g/mol. The molecule has 1 atom stereocenters. The minimum absolute atomic E-state index is 0.0344. The summed E-state index contributed by atoms with van der Waals surface area (Å²) in [5, 5.41) is 3.29. The van der Waals surface area contributed by atoms with Gasteiger partial charge in [-0.1, -0.05) is 18.2 Å². The molecule has 2 rings (SSSR count). The molecule has 0 aliphatic rings. The molecule has 2 aromatic rings. The molecule has 0 radical (unpaired) electrons.